The molecule has 33 heavy (non-hydrogen) atoms. The van der Waals surface area contributed by atoms with E-state index in [0.717, 1.165) is 39.3 Å². The zero-order valence-electron chi connectivity index (χ0n) is 19.8. The smallest absolute Gasteiger partial charge is 0.129 e. The third kappa shape index (κ3) is 4.65. The lowest BCUT2D eigenvalue weighted by atomic mass is 9.85. The normalized spacial score (nSPS) is 14.4. The van der Waals surface area contributed by atoms with Crippen molar-refractivity contribution in [3.8, 4) is 22.6 Å². The Hall–Kier alpha value is -3.53. The number of methoxy groups -OCH3 is 1. The van der Waals surface area contributed by atoms with Gasteiger partial charge < -0.3 is 14.8 Å². The second-order valence-electron chi connectivity index (χ2n) is 8.86. The van der Waals surface area contributed by atoms with Crippen LogP contribution < -0.4 is 14.8 Å². The first-order chi connectivity index (χ1) is 15.8. The fraction of sp³-hybridized carbons (Fsp3) is 0.241. The van der Waals surface area contributed by atoms with Gasteiger partial charge in [0.1, 0.15) is 23.9 Å². The van der Waals surface area contributed by atoms with Crippen molar-refractivity contribution in [1.82, 2.24) is 0 Å². The molecule has 0 amide bonds. The summed E-state index contributed by atoms with van der Waals surface area (Å²) in [5, 5.41) is 3.62. The van der Waals surface area contributed by atoms with E-state index < -0.39 is 0 Å². The molecule has 0 spiro atoms. The molecule has 0 bridgehead atoms. The van der Waals surface area contributed by atoms with Crippen LogP contribution in [0.1, 0.15) is 44.4 Å². The zero-order chi connectivity index (χ0) is 23.6. The predicted molar refractivity (Wildman–Crippen MR) is 135 cm³/mol. The number of halogens is 1. The molecule has 0 aliphatic carbocycles. The Bertz CT molecular complexity index is 1240. The van der Waals surface area contributed by atoms with Crippen molar-refractivity contribution in [1.29, 1.82) is 0 Å². The monoisotopic (exact) mass is 443 g/mol. The van der Waals surface area contributed by atoms with Gasteiger partial charge in [-0.05, 0) is 63.1 Å². The van der Waals surface area contributed by atoms with Gasteiger partial charge in [0.05, 0.1) is 12.6 Å². The Labute approximate surface area is 195 Å². The van der Waals surface area contributed by atoms with Crippen LogP contribution in [0.3, 0.4) is 0 Å². The van der Waals surface area contributed by atoms with E-state index in [4.69, 9.17) is 9.47 Å². The van der Waals surface area contributed by atoms with Gasteiger partial charge in [0, 0.05) is 34.0 Å². The summed E-state index contributed by atoms with van der Waals surface area (Å²) < 4.78 is 25.8. The van der Waals surface area contributed by atoms with Crippen molar-refractivity contribution in [3.05, 3.63) is 89.3 Å². The Morgan fingerprint density at radius 2 is 1.76 bits per heavy atom. The fourth-order valence-corrected chi connectivity index (χ4v) is 4.57. The highest BCUT2D eigenvalue weighted by Gasteiger charge is 2.27. The molecule has 0 saturated carbocycles. The lowest BCUT2D eigenvalue weighted by molar-refractivity contribution is 0.305. The van der Waals surface area contributed by atoms with E-state index >= 15 is 0 Å². The van der Waals surface area contributed by atoms with Crippen LogP contribution in [0.2, 0.25) is 0 Å². The molecular formula is C29H30FNO2. The lowest BCUT2D eigenvalue weighted by Gasteiger charge is -2.33. The number of ether oxygens (including phenoxy) is 2. The highest BCUT2D eigenvalue weighted by molar-refractivity contribution is 5.88. The van der Waals surface area contributed by atoms with Gasteiger partial charge >= 0.3 is 0 Å². The molecule has 170 valence electrons. The van der Waals surface area contributed by atoms with Crippen LogP contribution in [0.5, 0.6) is 11.5 Å². The minimum absolute atomic E-state index is 0.150. The van der Waals surface area contributed by atoms with Crippen LogP contribution in [0.25, 0.3) is 22.8 Å². The minimum atomic E-state index is -0.328. The average molecular weight is 444 g/mol. The van der Waals surface area contributed by atoms with E-state index in [2.05, 4.69) is 44.3 Å². The van der Waals surface area contributed by atoms with Crippen molar-refractivity contribution in [2.24, 2.45) is 0 Å². The molecule has 0 unspecified atom stereocenters. The van der Waals surface area contributed by atoms with E-state index in [1.165, 1.54) is 17.7 Å². The summed E-state index contributed by atoms with van der Waals surface area (Å²) in [4.78, 5) is 0. The largest absolute Gasteiger partial charge is 0.496 e. The first-order valence-corrected chi connectivity index (χ1v) is 11.2. The number of nitrogens with one attached hydrogen (secondary N) is 1. The maximum atomic E-state index is 13.9. The number of benzene rings is 3. The number of para-hydroxylation sites is 1. The predicted octanol–water partition coefficient (Wildman–Crippen LogP) is 7.72. The summed E-state index contributed by atoms with van der Waals surface area (Å²) in [6.07, 6.45) is 6.27. The highest BCUT2D eigenvalue weighted by Crippen LogP contribution is 2.43. The summed E-state index contributed by atoms with van der Waals surface area (Å²) in [7, 11) is 1.56. The summed E-state index contributed by atoms with van der Waals surface area (Å²) in [6, 6.07) is 16.8. The van der Waals surface area contributed by atoms with Crippen LogP contribution in [-0.4, -0.2) is 12.6 Å². The summed E-state index contributed by atoms with van der Waals surface area (Å²) >= 11 is 0. The van der Waals surface area contributed by atoms with Crippen molar-refractivity contribution in [3.63, 3.8) is 0 Å². The Morgan fingerprint density at radius 3 is 2.52 bits per heavy atom. The second-order valence-corrected chi connectivity index (χ2v) is 8.86. The van der Waals surface area contributed by atoms with Gasteiger partial charge in [0.2, 0.25) is 0 Å². The van der Waals surface area contributed by atoms with Crippen molar-refractivity contribution in [2.45, 2.75) is 39.8 Å². The number of allylic oxidation sites excluding steroid dienone is 2. The lowest BCUT2D eigenvalue weighted by Crippen LogP contribution is -2.32. The maximum absolute atomic E-state index is 13.9. The Morgan fingerprint density at radius 1 is 1.00 bits per heavy atom. The molecule has 0 aromatic heterocycles. The van der Waals surface area contributed by atoms with E-state index in [1.807, 2.05) is 43.3 Å². The molecule has 3 nitrogen and oxygen atoms in total. The van der Waals surface area contributed by atoms with Crippen molar-refractivity contribution >= 4 is 17.3 Å². The number of rotatable bonds is 6. The van der Waals surface area contributed by atoms with Gasteiger partial charge in [-0.1, -0.05) is 42.5 Å². The van der Waals surface area contributed by atoms with Gasteiger partial charge in [0.25, 0.3) is 0 Å². The molecule has 3 aromatic rings. The highest BCUT2D eigenvalue weighted by atomic mass is 19.1. The molecule has 1 aliphatic heterocycles. The third-order valence-electron chi connectivity index (χ3n) is 5.83. The van der Waals surface area contributed by atoms with Crippen LogP contribution in [-0.2, 0) is 6.61 Å². The van der Waals surface area contributed by atoms with Crippen LogP contribution in [0, 0.1) is 5.82 Å². The van der Waals surface area contributed by atoms with Crippen LogP contribution >= 0.6 is 0 Å². The van der Waals surface area contributed by atoms with Gasteiger partial charge in [-0.2, -0.15) is 0 Å². The molecule has 0 saturated heterocycles. The topological polar surface area (TPSA) is 30.5 Å². The van der Waals surface area contributed by atoms with Crippen molar-refractivity contribution < 1.29 is 13.9 Å². The molecular weight excluding hydrogens is 413 g/mol. The quantitative estimate of drug-likeness (QED) is 0.423. The molecule has 1 aliphatic rings. The summed E-state index contributed by atoms with van der Waals surface area (Å²) in [5.41, 5.74) is 7.05. The Kier molecular flexibility index (Phi) is 6.28. The van der Waals surface area contributed by atoms with E-state index in [-0.39, 0.29) is 11.4 Å². The summed E-state index contributed by atoms with van der Waals surface area (Å²) in [5.74, 6) is 0.985. The van der Waals surface area contributed by atoms with Gasteiger partial charge in [-0.25, -0.2) is 4.39 Å². The molecule has 1 N–H and O–H groups in total. The minimum Gasteiger partial charge on any atom is -0.496 e. The molecule has 4 heteroatoms. The van der Waals surface area contributed by atoms with Gasteiger partial charge in [-0.3, -0.25) is 0 Å². The van der Waals surface area contributed by atoms with E-state index in [0.29, 0.717) is 12.4 Å². The molecule has 1 heterocycles. The van der Waals surface area contributed by atoms with E-state index in [9.17, 15) is 4.39 Å². The number of fused-ring (bicyclic) bond motifs is 1. The number of hydrogen-bond donors (Lipinski definition) is 1. The average Bonchev–Trinajstić information content (AvgIpc) is 2.77. The molecule has 0 atom stereocenters. The molecule has 4 rings (SSSR count). The third-order valence-corrected chi connectivity index (χ3v) is 5.83. The maximum Gasteiger partial charge on any atom is 0.129 e. The SMILES string of the molecule is C/C=C\c1ccccc1OCc1c(-c2ccc(F)cc2OC)ccc2c1C(C)=CC(C)(C)N2. The van der Waals surface area contributed by atoms with Gasteiger partial charge in [0.15, 0.2) is 0 Å². The van der Waals surface area contributed by atoms with Gasteiger partial charge in [-0.15, -0.1) is 0 Å². The second kappa shape index (κ2) is 9.14. The Balaban J connectivity index is 1.87. The fourth-order valence-electron chi connectivity index (χ4n) is 4.57. The standard InChI is InChI=1S/C29H30FNO2/c1-6-9-20-10-7-8-11-26(20)33-18-24-22(23-13-12-21(30)16-27(23)32-5)14-15-25-28(24)19(2)17-29(3,4)31-25/h6-17,31H,18H2,1-5H3/b9-6-. The molecule has 0 fully saturated rings. The number of hydrogen-bond acceptors (Lipinski definition) is 3. The molecule has 3 aromatic carbocycles. The first-order valence-electron chi connectivity index (χ1n) is 11.2. The van der Waals surface area contributed by atoms with Crippen LogP contribution in [0.4, 0.5) is 10.1 Å². The number of anilines is 1. The summed E-state index contributed by atoms with van der Waals surface area (Å²) in [6.45, 7) is 8.79. The van der Waals surface area contributed by atoms with E-state index in [1.54, 1.807) is 13.2 Å². The first kappa shape index (κ1) is 22.7. The van der Waals surface area contributed by atoms with Crippen LogP contribution in [0.15, 0.2) is 66.7 Å². The zero-order valence-corrected chi connectivity index (χ0v) is 19.8. The molecule has 0 radical (unpaired) electrons. The van der Waals surface area contributed by atoms with Crippen molar-refractivity contribution in [2.75, 3.05) is 12.4 Å².